The van der Waals surface area contributed by atoms with Crippen molar-refractivity contribution in [3.63, 3.8) is 0 Å². The zero-order valence-corrected chi connectivity index (χ0v) is 21.1. The first-order valence-electron chi connectivity index (χ1n) is 13.1. The quantitative estimate of drug-likeness (QED) is 0.505. The number of methoxy groups -OCH3 is 1. The molecule has 1 N–H and O–H groups in total. The van der Waals surface area contributed by atoms with Gasteiger partial charge in [-0.15, -0.1) is 0 Å². The summed E-state index contributed by atoms with van der Waals surface area (Å²) >= 11 is 0. The highest BCUT2D eigenvalue weighted by Gasteiger charge is 2.27. The van der Waals surface area contributed by atoms with E-state index in [1.54, 1.807) is 7.11 Å². The number of benzene rings is 2. The summed E-state index contributed by atoms with van der Waals surface area (Å²) in [6.07, 6.45) is 4.05. The molecule has 0 bridgehead atoms. The number of nitrogens with zero attached hydrogens (tertiary/aromatic N) is 3. The van der Waals surface area contributed by atoms with Gasteiger partial charge < -0.3 is 14.6 Å². The average Bonchev–Trinajstić information content (AvgIpc) is 3.42. The molecule has 190 valence electrons. The lowest BCUT2D eigenvalue weighted by molar-refractivity contribution is 0.0871. The van der Waals surface area contributed by atoms with Gasteiger partial charge in [0.1, 0.15) is 5.75 Å². The van der Waals surface area contributed by atoms with Crippen molar-refractivity contribution >= 4 is 5.91 Å². The van der Waals surface area contributed by atoms with Crippen LogP contribution in [0.15, 0.2) is 65.2 Å². The molecule has 2 saturated heterocycles. The van der Waals surface area contributed by atoms with Gasteiger partial charge in [0.15, 0.2) is 0 Å². The molecule has 0 spiro atoms. The first kappa shape index (κ1) is 24.5. The summed E-state index contributed by atoms with van der Waals surface area (Å²) in [5.41, 5.74) is 3.46. The third kappa shape index (κ3) is 6.33. The molecule has 7 nitrogen and oxygen atoms in total. The minimum atomic E-state index is -0.153. The third-order valence-corrected chi connectivity index (χ3v) is 7.39. The highest BCUT2D eigenvalue weighted by Crippen LogP contribution is 2.28. The van der Waals surface area contributed by atoms with Crippen molar-refractivity contribution in [1.29, 1.82) is 0 Å². The molecule has 2 aromatic carbocycles. The SMILES string of the molecule is COc1cccc(CN2CCC[C@@H](c3cc(C(=O)NC4CCN(Cc5ccccc5)CC4)on3)C2)c1. The number of hydrogen-bond acceptors (Lipinski definition) is 6. The second-order valence-electron chi connectivity index (χ2n) is 10.1. The molecular weight excluding hydrogens is 452 g/mol. The Kier molecular flexibility index (Phi) is 7.98. The summed E-state index contributed by atoms with van der Waals surface area (Å²) in [7, 11) is 1.70. The van der Waals surface area contributed by atoms with Gasteiger partial charge in [-0.05, 0) is 55.5 Å². The van der Waals surface area contributed by atoms with Crippen molar-refractivity contribution in [3.05, 3.63) is 83.2 Å². The molecule has 7 heteroatoms. The lowest BCUT2D eigenvalue weighted by atomic mass is 9.94. The standard InChI is InChI=1S/C29H36N4O3/c1-35-26-11-5-9-23(17-26)20-33-14-6-10-24(21-33)27-18-28(36-31-27)29(34)30-25-12-15-32(16-13-25)19-22-7-3-2-4-8-22/h2-5,7-9,11,17-18,24-25H,6,10,12-16,19-21H2,1H3,(H,30,34)/t24-/m1/s1. The summed E-state index contributed by atoms with van der Waals surface area (Å²) in [6.45, 7) is 5.76. The van der Waals surface area contributed by atoms with Crippen molar-refractivity contribution in [3.8, 4) is 5.75 Å². The van der Waals surface area contributed by atoms with Crippen LogP contribution in [-0.2, 0) is 13.1 Å². The Balaban J connectivity index is 1.11. The van der Waals surface area contributed by atoms with Gasteiger partial charge in [-0.25, -0.2) is 0 Å². The van der Waals surface area contributed by atoms with Gasteiger partial charge in [0, 0.05) is 50.7 Å². The topological polar surface area (TPSA) is 70.8 Å². The lowest BCUT2D eigenvalue weighted by Gasteiger charge is -2.32. The number of amides is 1. The first-order chi connectivity index (χ1) is 17.7. The highest BCUT2D eigenvalue weighted by molar-refractivity contribution is 5.91. The molecule has 1 atom stereocenters. The van der Waals surface area contributed by atoms with Crippen LogP contribution in [0.5, 0.6) is 5.75 Å². The van der Waals surface area contributed by atoms with Crippen LogP contribution in [0.25, 0.3) is 0 Å². The molecule has 0 unspecified atom stereocenters. The largest absolute Gasteiger partial charge is 0.497 e. The van der Waals surface area contributed by atoms with Gasteiger partial charge in [0.25, 0.3) is 5.91 Å². The molecular formula is C29H36N4O3. The molecule has 2 aliphatic heterocycles. The second kappa shape index (κ2) is 11.7. The van der Waals surface area contributed by atoms with Gasteiger partial charge >= 0.3 is 0 Å². The van der Waals surface area contributed by atoms with E-state index in [0.29, 0.717) is 5.76 Å². The Morgan fingerprint density at radius 1 is 0.972 bits per heavy atom. The van der Waals surface area contributed by atoms with E-state index in [4.69, 9.17) is 9.26 Å². The lowest BCUT2D eigenvalue weighted by Crippen LogP contribution is -2.44. The van der Waals surface area contributed by atoms with Crippen LogP contribution in [0.3, 0.4) is 0 Å². The number of carbonyl (C=O) groups excluding carboxylic acids is 1. The number of carbonyl (C=O) groups is 1. The Bertz CT molecular complexity index is 1120. The number of likely N-dealkylation sites (tertiary alicyclic amines) is 2. The molecule has 2 fully saturated rings. The number of rotatable bonds is 8. The second-order valence-corrected chi connectivity index (χ2v) is 10.1. The van der Waals surface area contributed by atoms with E-state index in [1.165, 1.54) is 11.1 Å². The zero-order chi connectivity index (χ0) is 24.7. The average molecular weight is 489 g/mol. The summed E-state index contributed by atoms with van der Waals surface area (Å²) in [4.78, 5) is 17.8. The normalized spacial score (nSPS) is 19.8. The summed E-state index contributed by atoms with van der Waals surface area (Å²) in [6, 6.07) is 20.8. The number of nitrogens with one attached hydrogen (secondary N) is 1. The van der Waals surface area contributed by atoms with Crippen LogP contribution >= 0.6 is 0 Å². The summed E-state index contributed by atoms with van der Waals surface area (Å²) < 4.78 is 10.9. The zero-order valence-electron chi connectivity index (χ0n) is 21.1. The van der Waals surface area contributed by atoms with Crippen LogP contribution < -0.4 is 10.1 Å². The number of piperidine rings is 2. The predicted molar refractivity (Wildman–Crippen MR) is 139 cm³/mol. The van der Waals surface area contributed by atoms with Crippen molar-refractivity contribution in [2.45, 2.75) is 50.7 Å². The van der Waals surface area contributed by atoms with Crippen molar-refractivity contribution in [2.75, 3.05) is 33.3 Å². The van der Waals surface area contributed by atoms with Crippen molar-refractivity contribution < 1.29 is 14.1 Å². The molecule has 3 heterocycles. The Morgan fingerprint density at radius 2 is 1.75 bits per heavy atom. The summed E-state index contributed by atoms with van der Waals surface area (Å²) in [5, 5.41) is 7.46. The fourth-order valence-corrected chi connectivity index (χ4v) is 5.39. The van der Waals surface area contributed by atoms with Crippen LogP contribution in [0.4, 0.5) is 0 Å². The van der Waals surface area contributed by atoms with E-state index < -0.39 is 0 Å². The van der Waals surface area contributed by atoms with Gasteiger partial charge in [-0.2, -0.15) is 0 Å². The van der Waals surface area contributed by atoms with E-state index in [-0.39, 0.29) is 17.9 Å². The molecule has 3 aromatic rings. The molecule has 36 heavy (non-hydrogen) atoms. The minimum absolute atomic E-state index is 0.153. The maximum Gasteiger partial charge on any atom is 0.290 e. The third-order valence-electron chi connectivity index (χ3n) is 7.39. The van der Waals surface area contributed by atoms with Gasteiger partial charge in [0.2, 0.25) is 5.76 Å². The van der Waals surface area contributed by atoms with Crippen molar-refractivity contribution in [2.24, 2.45) is 0 Å². The maximum absolute atomic E-state index is 12.9. The van der Waals surface area contributed by atoms with E-state index in [2.05, 4.69) is 56.7 Å². The Morgan fingerprint density at radius 3 is 2.56 bits per heavy atom. The maximum atomic E-state index is 12.9. The van der Waals surface area contributed by atoms with Gasteiger partial charge in [-0.1, -0.05) is 47.6 Å². The van der Waals surface area contributed by atoms with E-state index in [0.717, 1.165) is 76.4 Å². The highest BCUT2D eigenvalue weighted by atomic mass is 16.5. The fraction of sp³-hybridized carbons (Fsp3) is 0.448. The van der Waals surface area contributed by atoms with E-state index in [1.807, 2.05) is 24.3 Å². The molecule has 1 amide bonds. The Labute approximate surface area is 213 Å². The first-order valence-corrected chi connectivity index (χ1v) is 13.1. The molecule has 1 aromatic heterocycles. The predicted octanol–water partition coefficient (Wildman–Crippen LogP) is 4.46. The molecule has 5 rings (SSSR count). The molecule has 0 saturated carbocycles. The van der Waals surface area contributed by atoms with Gasteiger partial charge in [0.05, 0.1) is 12.8 Å². The Hall–Kier alpha value is -3.16. The van der Waals surface area contributed by atoms with Crippen LogP contribution in [0, 0.1) is 0 Å². The molecule has 0 aliphatic carbocycles. The summed E-state index contributed by atoms with van der Waals surface area (Å²) in [5.74, 6) is 1.33. The molecule has 0 radical (unpaired) electrons. The number of aromatic nitrogens is 1. The van der Waals surface area contributed by atoms with Crippen LogP contribution in [0.2, 0.25) is 0 Å². The van der Waals surface area contributed by atoms with Crippen LogP contribution in [0.1, 0.15) is 59.0 Å². The monoisotopic (exact) mass is 488 g/mol. The smallest absolute Gasteiger partial charge is 0.290 e. The number of hydrogen-bond donors (Lipinski definition) is 1. The van der Waals surface area contributed by atoms with Crippen LogP contribution in [-0.4, -0.2) is 60.2 Å². The van der Waals surface area contributed by atoms with Gasteiger partial charge in [-0.3, -0.25) is 14.6 Å². The van der Waals surface area contributed by atoms with E-state index >= 15 is 0 Å². The number of ether oxygens (including phenoxy) is 1. The minimum Gasteiger partial charge on any atom is -0.497 e. The fourth-order valence-electron chi connectivity index (χ4n) is 5.39. The van der Waals surface area contributed by atoms with Crippen molar-refractivity contribution in [1.82, 2.24) is 20.3 Å². The van der Waals surface area contributed by atoms with E-state index in [9.17, 15) is 4.79 Å². The molecule has 2 aliphatic rings.